The summed E-state index contributed by atoms with van der Waals surface area (Å²) in [5.41, 5.74) is 1.13. The van der Waals surface area contributed by atoms with Crippen molar-refractivity contribution in [3.63, 3.8) is 0 Å². The Morgan fingerprint density at radius 1 is 1.11 bits per heavy atom. The van der Waals surface area contributed by atoms with Gasteiger partial charge in [-0.15, -0.1) is 10.2 Å². The fourth-order valence-electron chi connectivity index (χ4n) is 2.76. The third-order valence-electron chi connectivity index (χ3n) is 3.96. The third kappa shape index (κ3) is 3.90. The number of fused-ring (bicyclic) bond motifs is 1. The van der Waals surface area contributed by atoms with Gasteiger partial charge in [0.2, 0.25) is 11.1 Å². The highest BCUT2D eigenvalue weighted by Gasteiger charge is 2.34. The summed E-state index contributed by atoms with van der Waals surface area (Å²) in [6, 6.07) is 5.08. The number of hydrogen-bond acceptors (Lipinski definition) is 5. The molecular formula is C18H18Cl2N4O2S. The summed E-state index contributed by atoms with van der Waals surface area (Å²) in [7, 11) is 0. The quantitative estimate of drug-likeness (QED) is 0.672. The zero-order chi connectivity index (χ0) is 19.6. The smallest absolute Gasteiger partial charge is 0.246 e. The molecule has 1 aromatic carbocycles. The van der Waals surface area contributed by atoms with Crippen LogP contribution in [0.4, 0.5) is 0 Å². The normalized spacial score (nSPS) is 13.7. The van der Waals surface area contributed by atoms with Gasteiger partial charge < -0.3 is 0 Å². The summed E-state index contributed by atoms with van der Waals surface area (Å²) in [4.78, 5) is 26.3. The molecule has 0 atom stereocenters. The number of ketones is 1. The molecule has 0 unspecified atom stereocenters. The summed E-state index contributed by atoms with van der Waals surface area (Å²) in [5, 5.41) is 10.7. The van der Waals surface area contributed by atoms with Crippen LogP contribution in [-0.2, 0) is 9.59 Å². The molecule has 1 aromatic heterocycles. The number of benzene rings is 1. The lowest BCUT2D eigenvalue weighted by Crippen LogP contribution is -2.41. The molecule has 2 heterocycles. The second kappa shape index (κ2) is 8.46. The van der Waals surface area contributed by atoms with Crippen LogP contribution in [0.5, 0.6) is 0 Å². The Balaban J connectivity index is 2.24. The molecule has 6 nitrogen and oxygen atoms in total. The molecule has 142 valence electrons. The third-order valence-corrected chi connectivity index (χ3v) is 5.77. The molecule has 0 aliphatic carbocycles. The van der Waals surface area contributed by atoms with Crippen LogP contribution in [0, 0.1) is 0 Å². The van der Waals surface area contributed by atoms with Crippen LogP contribution in [0.25, 0.3) is 5.70 Å². The minimum Gasteiger partial charge on any atom is -0.294 e. The van der Waals surface area contributed by atoms with E-state index in [4.69, 9.17) is 23.2 Å². The number of amides is 1. The van der Waals surface area contributed by atoms with Gasteiger partial charge in [-0.2, -0.15) is 0 Å². The Morgan fingerprint density at radius 2 is 1.85 bits per heavy atom. The van der Waals surface area contributed by atoms with Gasteiger partial charge in [-0.25, -0.2) is 9.69 Å². The van der Waals surface area contributed by atoms with Crippen LogP contribution in [0.15, 0.2) is 34.6 Å². The predicted octanol–water partition coefficient (Wildman–Crippen LogP) is 4.69. The van der Waals surface area contributed by atoms with Crippen molar-refractivity contribution in [2.45, 2.75) is 44.7 Å². The molecule has 0 saturated carbocycles. The predicted molar refractivity (Wildman–Crippen MR) is 107 cm³/mol. The maximum Gasteiger partial charge on any atom is 0.246 e. The molecule has 1 amide bonds. The van der Waals surface area contributed by atoms with Crippen LogP contribution >= 0.6 is 35.0 Å². The molecule has 0 bridgehead atoms. The number of carbonyl (C=O) groups excluding carboxylic acids is 2. The van der Waals surface area contributed by atoms with Gasteiger partial charge in [-0.3, -0.25) is 9.59 Å². The lowest BCUT2D eigenvalue weighted by molar-refractivity contribution is -0.119. The highest BCUT2D eigenvalue weighted by molar-refractivity contribution is 8.04. The van der Waals surface area contributed by atoms with Crippen molar-refractivity contribution in [3.8, 4) is 0 Å². The molecular weight excluding hydrogens is 407 g/mol. The van der Waals surface area contributed by atoms with E-state index in [2.05, 4.69) is 10.2 Å². The molecule has 0 radical (unpaired) electrons. The van der Waals surface area contributed by atoms with Crippen LogP contribution in [-0.4, -0.2) is 26.6 Å². The molecule has 0 N–H and O–H groups in total. The number of thioether (sulfide) groups is 1. The Hall–Kier alpha value is -1.83. The summed E-state index contributed by atoms with van der Waals surface area (Å²) in [6.45, 7) is 3.86. The summed E-state index contributed by atoms with van der Waals surface area (Å²) in [5.74, 6) is -0.200. The van der Waals surface area contributed by atoms with E-state index in [1.807, 2.05) is 13.8 Å². The molecule has 0 saturated heterocycles. The first kappa shape index (κ1) is 19.9. The minimum absolute atomic E-state index is 0.0490. The first-order valence-electron chi connectivity index (χ1n) is 8.61. The van der Waals surface area contributed by atoms with Gasteiger partial charge in [0.1, 0.15) is 6.33 Å². The SMILES string of the molecule is CCCC(=O)C1=C(c2ccc(Cl)c(Cl)c2)N(C(=O)CCC)n2cnnc2S1. The van der Waals surface area contributed by atoms with Crippen molar-refractivity contribution >= 4 is 52.4 Å². The van der Waals surface area contributed by atoms with Crippen molar-refractivity contribution in [1.29, 1.82) is 0 Å². The van der Waals surface area contributed by atoms with Gasteiger partial charge in [0.05, 0.1) is 20.6 Å². The van der Waals surface area contributed by atoms with Crippen LogP contribution < -0.4 is 5.01 Å². The fraction of sp³-hybridized carbons (Fsp3) is 0.333. The van der Waals surface area contributed by atoms with Crippen molar-refractivity contribution in [1.82, 2.24) is 14.9 Å². The van der Waals surface area contributed by atoms with Gasteiger partial charge in [-0.1, -0.05) is 43.1 Å². The Morgan fingerprint density at radius 3 is 2.52 bits per heavy atom. The van der Waals surface area contributed by atoms with Crippen LogP contribution in [0.1, 0.15) is 45.1 Å². The number of allylic oxidation sites excluding steroid dienone is 1. The highest BCUT2D eigenvalue weighted by Crippen LogP contribution is 2.41. The van der Waals surface area contributed by atoms with E-state index >= 15 is 0 Å². The minimum atomic E-state index is -0.151. The highest BCUT2D eigenvalue weighted by atomic mass is 35.5. The molecule has 27 heavy (non-hydrogen) atoms. The van der Waals surface area contributed by atoms with E-state index in [0.29, 0.717) is 57.1 Å². The number of aromatic nitrogens is 3. The Labute approximate surface area is 171 Å². The van der Waals surface area contributed by atoms with E-state index in [1.165, 1.54) is 23.1 Å². The number of halogens is 2. The number of carbonyl (C=O) groups is 2. The monoisotopic (exact) mass is 424 g/mol. The maximum absolute atomic E-state index is 13.0. The summed E-state index contributed by atoms with van der Waals surface area (Å²) < 4.78 is 1.57. The zero-order valence-corrected chi connectivity index (χ0v) is 17.2. The maximum atomic E-state index is 13.0. The lowest BCUT2D eigenvalue weighted by Gasteiger charge is -2.32. The fourth-order valence-corrected chi connectivity index (χ4v) is 4.07. The van der Waals surface area contributed by atoms with Gasteiger partial charge >= 0.3 is 0 Å². The molecule has 0 spiro atoms. The van der Waals surface area contributed by atoms with Gasteiger partial charge in [-0.05, 0) is 36.7 Å². The molecule has 0 fully saturated rings. The molecule has 9 heteroatoms. The first-order chi connectivity index (χ1) is 13.0. The van der Waals surface area contributed by atoms with Crippen molar-refractivity contribution in [2.75, 3.05) is 5.01 Å². The Bertz CT molecular complexity index is 926. The van der Waals surface area contributed by atoms with E-state index < -0.39 is 0 Å². The molecule has 3 rings (SSSR count). The molecule has 1 aliphatic heterocycles. The average molecular weight is 425 g/mol. The largest absolute Gasteiger partial charge is 0.294 e. The van der Waals surface area contributed by atoms with E-state index in [1.54, 1.807) is 22.9 Å². The average Bonchev–Trinajstić information content (AvgIpc) is 3.11. The van der Waals surface area contributed by atoms with Crippen LogP contribution in [0.2, 0.25) is 10.0 Å². The number of nitrogens with zero attached hydrogens (tertiary/aromatic N) is 4. The number of Topliss-reactive ketones (excluding diaryl/α,β-unsaturated/α-hetero) is 1. The van der Waals surface area contributed by atoms with Crippen molar-refractivity contribution < 1.29 is 9.59 Å². The van der Waals surface area contributed by atoms with E-state index in [0.717, 1.165) is 0 Å². The lowest BCUT2D eigenvalue weighted by atomic mass is 10.1. The Kier molecular flexibility index (Phi) is 6.24. The number of rotatable bonds is 6. The molecule has 1 aliphatic rings. The van der Waals surface area contributed by atoms with E-state index in [9.17, 15) is 9.59 Å². The topological polar surface area (TPSA) is 68.1 Å². The van der Waals surface area contributed by atoms with E-state index in [-0.39, 0.29) is 11.7 Å². The first-order valence-corrected chi connectivity index (χ1v) is 10.2. The van der Waals surface area contributed by atoms with Gasteiger partial charge in [0, 0.05) is 18.4 Å². The summed E-state index contributed by atoms with van der Waals surface area (Å²) in [6.07, 6.45) is 3.54. The summed E-state index contributed by atoms with van der Waals surface area (Å²) >= 11 is 13.5. The number of hydrogen-bond donors (Lipinski definition) is 0. The standard InChI is InChI=1S/C18H18Cl2N4O2S/c1-3-5-14(25)17-16(11-7-8-12(19)13(20)9-11)24(15(26)6-4-2)23-10-21-22-18(23)27-17/h7-10H,3-6H2,1-2H3. The second-order valence-electron chi connectivity index (χ2n) is 6.00. The van der Waals surface area contributed by atoms with Gasteiger partial charge in [0.15, 0.2) is 5.78 Å². The van der Waals surface area contributed by atoms with Gasteiger partial charge in [0.25, 0.3) is 0 Å². The molecule has 2 aromatic rings. The zero-order valence-electron chi connectivity index (χ0n) is 14.9. The van der Waals surface area contributed by atoms with Crippen molar-refractivity contribution in [3.05, 3.63) is 45.0 Å². The van der Waals surface area contributed by atoms with Crippen LogP contribution in [0.3, 0.4) is 0 Å². The van der Waals surface area contributed by atoms with Crippen molar-refractivity contribution in [2.24, 2.45) is 0 Å². The second-order valence-corrected chi connectivity index (χ2v) is 7.79.